The minimum atomic E-state index is 0.102. The maximum atomic E-state index is 5.44. The Hall–Kier alpha value is -0.750. The first-order chi connectivity index (χ1) is 9.15. The van der Waals surface area contributed by atoms with Crippen LogP contribution in [0, 0.1) is 3.57 Å². The molecule has 0 fully saturated rings. The summed E-state index contributed by atoms with van der Waals surface area (Å²) in [5, 5.41) is 0. The van der Waals surface area contributed by atoms with Crippen LogP contribution in [0.25, 0.3) is 0 Å². The van der Waals surface area contributed by atoms with Crippen molar-refractivity contribution in [2.24, 2.45) is 0 Å². The number of ether oxygens (including phenoxy) is 2. The van der Waals surface area contributed by atoms with E-state index >= 15 is 0 Å². The summed E-state index contributed by atoms with van der Waals surface area (Å²) in [5.41, 5.74) is 2.29. The molecule has 0 bridgehead atoms. The van der Waals surface area contributed by atoms with E-state index in [9.17, 15) is 0 Å². The van der Waals surface area contributed by atoms with Crippen molar-refractivity contribution in [3.63, 3.8) is 0 Å². The highest BCUT2D eigenvalue weighted by Gasteiger charge is 2.15. The Bertz CT molecular complexity index is 555. The van der Waals surface area contributed by atoms with Gasteiger partial charge in [0.05, 0.1) is 19.0 Å². The molecule has 2 aromatic carbocycles. The van der Waals surface area contributed by atoms with Crippen LogP contribution in [0.5, 0.6) is 11.5 Å². The molecule has 0 aliphatic rings. The van der Waals surface area contributed by atoms with Crippen molar-refractivity contribution in [3.05, 3.63) is 57.2 Å². The molecule has 0 heterocycles. The van der Waals surface area contributed by atoms with E-state index in [1.807, 2.05) is 18.2 Å². The molecule has 0 saturated carbocycles. The highest BCUT2D eigenvalue weighted by Crippen LogP contribution is 2.38. The van der Waals surface area contributed by atoms with Crippen LogP contribution in [0.15, 0.2) is 42.5 Å². The zero-order chi connectivity index (χ0) is 13.8. The van der Waals surface area contributed by atoms with Crippen LogP contribution < -0.4 is 9.47 Å². The number of halogens is 2. The Morgan fingerprint density at radius 3 is 2.26 bits per heavy atom. The lowest BCUT2D eigenvalue weighted by Gasteiger charge is -2.15. The molecule has 2 rings (SSSR count). The van der Waals surface area contributed by atoms with Crippen LogP contribution in [0.2, 0.25) is 0 Å². The number of methoxy groups -OCH3 is 2. The summed E-state index contributed by atoms with van der Waals surface area (Å²) < 4.78 is 11.9. The van der Waals surface area contributed by atoms with E-state index in [4.69, 9.17) is 9.47 Å². The first kappa shape index (κ1) is 14.7. The second-order valence-electron chi connectivity index (χ2n) is 4.02. The molecule has 100 valence electrons. The van der Waals surface area contributed by atoms with Crippen LogP contribution in [-0.2, 0) is 0 Å². The van der Waals surface area contributed by atoms with E-state index in [2.05, 4.69) is 62.8 Å². The molecule has 0 aliphatic heterocycles. The van der Waals surface area contributed by atoms with E-state index in [1.165, 1.54) is 9.13 Å². The van der Waals surface area contributed by atoms with Crippen LogP contribution in [0.4, 0.5) is 0 Å². The Labute approximate surface area is 135 Å². The molecule has 1 atom stereocenters. The topological polar surface area (TPSA) is 18.5 Å². The molecule has 0 amide bonds. The average molecular weight is 433 g/mol. The number of hydrogen-bond acceptors (Lipinski definition) is 2. The van der Waals surface area contributed by atoms with Gasteiger partial charge < -0.3 is 9.47 Å². The predicted octanol–water partition coefficient (Wildman–Crippen LogP) is 4.79. The van der Waals surface area contributed by atoms with Gasteiger partial charge in [0.1, 0.15) is 11.5 Å². The fourth-order valence-electron chi connectivity index (χ4n) is 1.84. The van der Waals surface area contributed by atoms with Gasteiger partial charge in [0.2, 0.25) is 0 Å². The van der Waals surface area contributed by atoms with Gasteiger partial charge in [-0.3, -0.25) is 0 Å². The number of alkyl halides is 1. The number of rotatable bonds is 4. The minimum Gasteiger partial charge on any atom is -0.497 e. The monoisotopic (exact) mass is 432 g/mol. The normalized spacial score (nSPS) is 12.0. The van der Waals surface area contributed by atoms with E-state index in [1.54, 1.807) is 14.2 Å². The lowest BCUT2D eigenvalue weighted by Crippen LogP contribution is -1.98. The predicted molar refractivity (Wildman–Crippen MR) is 89.5 cm³/mol. The van der Waals surface area contributed by atoms with Crippen molar-refractivity contribution in [3.8, 4) is 11.5 Å². The summed E-state index contributed by atoms with van der Waals surface area (Å²) in [7, 11) is 3.32. The molecule has 2 aromatic rings. The summed E-state index contributed by atoms with van der Waals surface area (Å²) in [6, 6.07) is 14.3. The molecule has 1 unspecified atom stereocenters. The first-order valence-corrected chi connectivity index (χ1v) is 7.76. The molecule has 0 radical (unpaired) electrons. The number of hydrogen-bond donors (Lipinski definition) is 0. The lowest BCUT2D eigenvalue weighted by atomic mass is 10.0. The van der Waals surface area contributed by atoms with Crippen LogP contribution in [0.1, 0.15) is 16.0 Å². The molecule has 0 aromatic heterocycles. The van der Waals surface area contributed by atoms with Gasteiger partial charge in [-0.05, 0) is 46.4 Å². The highest BCUT2D eigenvalue weighted by molar-refractivity contribution is 14.1. The molecule has 2 nitrogen and oxygen atoms in total. The highest BCUT2D eigenvalue weighted by atomic mass is 127. The average Bonchev–Trinajstić information content (AvgIpc) is 2.46. The second-order valence-corrected chi connectivity index (χ2v) is 6.18. The van der Waals surface area contributed by atoms with Crippen molar-refractivity contribution in [1.82, 2.24) is 0 Å². The van der Waals surface area contributed by atoms with Gasteiger partial charge in [-0.25, -0.2) is 0 Å². The summed E-state index contributed by atoms with van der Waals surface area (Å²) >= 11 is 6.03. The standard InChI is InChI=1S/C15H14BrIO2/c1-18-12-7-8-13(14(9-12)19-2)15(16)10-3-5-11(17)6-4-10/h3-9,15H,1-2H3. The first-order valence-electron chi connectivity index (χ1n) is 5.77. The van der Waals surface area contributed by atoms with Gasteiger partial charge in [0.25, 0.3) is 0 Å². The van der Waals surface area contributed by atoms with Crippen LogP contribution in [0.3, 0.4) is 0 Å². The lowest BCUT2D eigenvalue weighted by molar-refractivity contribution is 0.391. The molecule has 19 heavy (non-hydrogen) atoms. The minimum absolute atomic E-state index is 0.102. The third-order valence-electron chi connectivity index (χ3n) is 2.88. The fraction of sp³-hybridized carbons (Fsp3) is 0.200. The van der Waals surface area contributed by atoms with Crippen molar-refractivity contribution in [2.75, 3.05) is 14.2 Å². The van der Waals surface area contributed by atoms with Crippen molar-refractivity contribution in [2.45, 2.75) is 4.83 Å². The molecular weight excluding hydrogens is 419 g/mol. The zero-order valence-corrected chi connectivity index (χ0v) is 14.4. The maximum absolute atomic E-state index is 5.44. The summed E-state index contributed by atoms with van der Waals surface area (Å²) in [6.45, 7) is 0. The van der Waals surface area contributed by atoms with Gasteiger partial charge in [0, 0.05) is 15.2 Å². The van der Waals surface area contributed by atoms with Gasteiger partial charge in [0.15, 0.2) is 0 Å². The Morgan fingerprint density at radius 1 is 1.00 bits per heavy atom. The number of benzene rings is 2. The van der Waals surface area contributed by atoms with E-state index in [0.29, 0.717) is 0 Å². The SMILES string of the molecule is COc1ccc(C(Br)c2ccc(I)cc2)c(OC)c1. The largest absolute Gasteiger partial charge is 0.497 e. The van der Waals surface area contributed by atoms with E-state index in [0.717, 1.165) is 17.1 Å². The molecule has 0 aliphatic carbocycles. The summed E-state index contributed by atoms with van der Waals surface area (Å²) in [6.07, 6.45) is 0. The van der Waals surface area contributed by atoms with Crippen molar-refractivity contribution >= 4 is 38.5 Å². The van der Waals surface area contributed by atoms with E-state index in [-0.39, 0.29) is 4.83 Å². The van der Waals surface area contributed by atoms with Gasteiger partial charge >= 0.3 is 0 Å². The smallest absolute Gasteiger partial charge is 0.127 e. The van der Waals surface area contributed by atoms with Gasteiger partial charge in [-0.15, -0.1) is 0 Å². The van der Waals surface area contributed by atoms with Crippen LogP contribution in [-0.4, -0.2) is 14.2 Å². The summed E-state index contributed by atoms with van der Waals surface area (Å²) in [4.78, 5) is 0.102. The van der Waals surface area contributed by atoms with Crippen LogP contribution >= 0.6 is 38.5 Å². The Kier molecular flexibility index (Phi) is 5.10. The van der Waals surface area contributed by atoms with Crippen molar-refractivity contribution in [1.29, 1.82) is 0 Å². The Morgan fingerprint density at radius 2 is 1.68 bits per heavy atom. The third-order valence-corrected chi connectivity index (χ3v) is 4.62. The third kappa shape index (κ3) is 3.42. The van der Waals surface area contributed by atoms with Gasteiger partial charge in [-0.1, -0.05) is 34.1 Å². The summed E-state index contributed by atoms with van der Waals surface area (Å²) in [5.74, 6) is 1.61. The molecular formula is C15H14BrIO2. The molecule has 0 spiro atoms. The van der Waals surface area contributed by atoms with E-state index < -0.39 is 0 Å². The quantitative estimate of drug-likeness (QED) is 0.510. The molecule has 0 N–H and O–H groups in total. The van der Waals surface area contributed by atoms with Crippen molar-refractivity contribution < 1.29 is 9.47 Å². The Balaban J connectivity index is 2.37. The second kappa shape index (κ2) is 6.61. The fourth-order valence-corrected chi connectivity index (χ4v) is 2.88. The maximum Gasteiger partial charge on any atom is 0.127 e. The molecule has 4 heteroatoms. The zero-order valence-electron chi connectivity index (χ0n) is 10.7. The van der Waals surface area contributed by atoms with Gasteiger partial charge in [-0.2, -0.15) is 0 Å². The molecule has 0 saturated heterocycles.